The lowest BCUT2D eigenvalue weighted by Crippen LogP contribution is -2.10. The van der Waals surface area contributed by atoms with Gasteiger partial charge >= 0.3 is 0 Å². The SMILES string of the molecule is c1ccc(-c2cc(-c3ccccc3)cc(-c3ccc(N(c4ccc(-c5ccccc5-c5ccccc5)cc4)c4cccc(-c5cc6ccccc6o5)c4)cc3)c2)cc1. The van der Waals surface area contributed by atoms with E-state index in [1.54, 1.807) is 0 Å². The van der Waals surface area contributed by atoms with Crippen molar-refractivity contribution in [3.8, 4) is 67.0 Å². The van der Waals surface area contributed by atoms with Crippen LogP contribution in [0.25, 0.3) is 77.9 Å². The van der Waals surface area contributed by atoms with Gasteiger partial charge < -0.3 is 9.32 Å². The highest BCUT2D eigenvalue weighted by Gasteiger charge is 2.17. The number of furan rings is 1. The smallest absolute Gasteiger partial charge is 0.135 e. The van der Waals surface area contributed by atoms with Gasteiger partial charge in [0.05, 0.1) is 0 Å². The summed E-state index contributed by atoms with van der Waals surface area (Å²) in [5.41, 5.74) is 17.0. The Balaban J connectivity index is 1.06. The molecule has 0 aliphatic carbocycles. The second-order valence-corrected chi connectivity index (χ2v) is 14.6. The number of anilines is 3. The normalized spacial score (nSPS) is 11.1. The zero-order valence-corrected chi connectivity index (χ0v) is 31.9. The molecule has 0 bridgehead atoms. The molecule has 58 heavy (non-hydrogen) atoms. The van der Waals surface area contributed by atoms with E-state index >= 15 is 0 Å². The van der Waals surface area contributed by atoms with E-state index in [0.717, 1.165) is 44.9 Å². The van der Waals surface area contributed by atoms with Crippen molar-refractivity contribution in [2.24, 2.45) is 0 Å². The molecule has 0 spiro atoms. The van der Waals surface area contributed by atoms with Gasteiger partial charge in [0.25, 0.3) is 0 Å². The second kappa shape index (κ2) is 15.5. The molecule has 0 N–H and O–H groups in total. The molecular weight excluding hydrogens is 703 g/mol. The monoisotopic (exact) mass is 741 g/mol. The molecule has 0 unspecified atom stereocenters. The molecule has 0 aliphatic rings. The van der Waals surface area contributed by atoms with Gasteiger partial charge in [0.2, 0.25) is 0 Å². The van der Waals surface area contributed by atoms with E-state index in [-0.39, 0.29) is 0 Å². The standard InChI is InChI=1S/C56H39NO/c1-4-15-40(16-5-1)47-35-48(41-17-6-2-7-18-41)37-49(36-47)42-27-31-50(32-28-42)57(52-23-14-22-45(38-52)56-39-46-21-10-13-26-55(46)58-56)51-33-29-44(30-34-51)54-25-12-11-24-53(54)43-19-8-3-9-20-43/h1-39H. The molecule has 1 aromatic heterocycles. The molecule has 2 heteroatoms. The summed E-state index contributed by atoms with van der Waals surface area (Å²) in [6.45, 7) is 0. The molecule has 0 saturated heterocycles. The number of nitrogens with zero attached hydrogens (tertiary/aromatic N) is 1. The molecule has 0 amide bonds. The van der Waals surface area contributed by atoms with Crippen molar-refractivity contribution < 1.29 is 4.42 Å². The van der Waals surface area contributed by atoms with Crippen LogP contribution in [0.15, 0.2) is 241 Å². The molecular formula is C56H39NO. The lowest BCUT2D eigenvalue weighted by Gasteiger charge is -2.26. The number of hydrogen-bond acceptors (Lipinski definition) is 2. The average Bonchev–Trinajstić information content (AvgIpc) is 3.75. The lowest BCUT2D eigenvalue weighted by molar-refractivity contribution is 0.631. The third-order valence-corrected chi connectivity index (χ3v) is 10.9. The zero-order valence-electron chi connectivity index (χ0n) is 31.9. The molecule has 0 aliphatic heterocycles. The number of benzene rings is 9. The minimum atomic E-state index is 0.846. The van der Waals surface area contributed by atoms with Gasteiger partial charge in [-0.1, -0.05) is 170 Å². The summed E-state index contributed by atoms with van der Waals surface area (Å²) in [5.74, 6) is 0.846. The summed E-state index contributed by atoms with van der Waals surface area (Å²) in [7, 11) is 0. The van der Waals surface area contributed by atoms with Crippen molar-refractivity contribution in [2.75, 3.05) is 4.90 Å². The van der Waals surface area contributed by atoms with Gasteiger partial charge in [-0.25, -0.2) is 0 Å². The van der Waals surface area contributed by atoms with Gasteiger partial charge in [0.1, 0.15) is 11.3 Å². The highest BCUT2D eigenvalue weighted by molar-refractivity contribution is 5.88. The molecule has 0 saturated carbocycles. The number of para-hydroxylation sites is 1. The van der Waals surface area contributed by atoms with Crippen molar-refractivity contribution in [1.29, 1.82) is 0 Å². The van der Waals surface area contributed by atoms with Crippen LogP contribution in [0.5, 0.6) is 0 Å². The number of hydrogen-bond donors (Lipinski definition) is 0. The summed E-state index contributed by atoms with van der Waals surface area (Å²) in [5, 5.41) is 1.09. The van der Waals surface area contributed by atoms with Crippen LogP contribution >= 0.6 is 0 Å². The molecule has 0 atom stereocenters. The molecule has 274 valence electrons. The predicted octanol–water partition coefficient (Wildman–Crippen LogP) is 15.9. The maximum atomic E-state index is 6.34. The van der Waals surface area contributed by atoms with Crippen molar-refractivity contribution in [2.45, 2.75) is 0 Å². The first-order chi connectivity index (χ1) is 28.7. The molecule has 0 radical (unpaired) electrons. The Labute approximate surface area is 339 Å². The fourth-order valence-electron chi connectivity index (χ4n) is 7.96. The van der Waals surface area contributed by atoms with Crippen LogP contribution in [0.3, 0.4) is 0 Å². The van der Waals surface area contributed by atoms with E-state index in [1.807, 2.05) is 18.2 Å². The highest BCUT2D eigenvalue weighted by atomic mass is 16.3. The van der Waals surface area contributed by atoms with Gasteiger partial charge in [-0.15, -0.1) is 0 Å². The van der Waals surface area contributed by atoms with E-state index in [2.05, 4.69) is 223 Å². The Morgan fingerprint density at radius 2 is 0.690 bits per heavy atom. The van der Waals surface area contributed by atoms with E-state index in [9.17, 15) is 0 Å². The molecule has 10 rings (SSSR count). The number of rotatable bonds is 9. The number of fused-ring (bicyclic) bond motifs is 1. The summed E-state index contributed by atoms with van der Waals surface area (Å²) in [4.78, 5) is 2.33. The molecule has 1 heterocycles. The molecule has 10 aromatic rings. The van der Waals surface area contributed by atoms with E-state index < -0.39 is 0 Å². The van der Waals surface area contributed by atoms with Crippen molar-refractivity contribution >= 4 is 28.0 Å². The molecule has 2 nitrogen and oxygen atoms in total. The van der Waals surface area contributed by atoms with Gasteiger partial charge in [-0.05, 0) is 122 Å². The fraction of sp³-hybridized carbons (Fsp3) is 0. The van der Waals surface area contributed by atoms with Crippen molar-refractivity contribution in [3.63, 3.8) is 0 Å². The first kappa shape index (κ1) is 34.8. The Hall–Kier alpha value is -7.68. The van der Waals surface area contributed by atoms with Crippen LogP contribution < -0.4 is 4.90 Å². The highest BCUT2D eigenvalue weighted by Crippen LogP contribution is 2.41. The van der Waals surface area contributed by atoms with Crippen LogP contribution in [0.4, 0.5) is 17.1 Å². The third kappa shape index (κ3) is 7.00. The van der Waals surface area contributed by atoms with Crippen molar-refractivity contribution in [1.82, 2.24) is 0 Å². The van der Waals surface area contributed by atoms with Gasteiger partial charge in [0.15, 0.2) is 0 Å². The summed E-state index contributed by atoms with van der Waals surface area (Å²) in [6, 6.07) is 84.2. The van der Waals surface area contributed by atoms with Crippen LogP contribution in [0.1, 0.15) is 0 Å². The minimum absolute atomic E-state index is 0.846. The topological polar surface area (TPSA) is 16.4 Å². The lowest BCUT2D eigenvalue weighted by atomic mass is 9.93. The fourth-order valence-corrected chi connectivity index (χ4v) is 7.96. The quantitative estimate of drug-likeness (QED) is 0.146. The van der Waals surface area contributed by atoms with E-state index in [4.69, 9.17) is 4.42 Å². The summed E-state index contributed by atoms with van der Waals surface area (Å²) in [6.07, 6.45) is 0. The van der Waals surface area contributed by atoms with Crippen LogP contribution in [-0.2, 0) is 0 Å². The zero-order chi connectivity index (χ0) is 38.7. The second-order valence-electron chi connectivity index (χ2n) is 14.6. The largest absolute Gasteiger partial charge is 0.456 e. The molecule has 0 fully saturated rings. The average molecular weight is 742 g/mol. The van der Waals surface area contributed by atoms with Gasteiger partial charge in [0, 0.05) is 28.0 Å². The Kier molecular flexibility index (Phi) is 9.27. The first-order valence-corrected chi connectivity index (χ1v) is 19.7. The van der Waals surface area contributed by atoms with Gasteiger partial charge in [-0.2, -0.15) is 0 Å². The Morgan fingerprint density at radius 1 is 0.259 bits per heavy atom. The predicted molar refractivity (Wildman–Crippen MR) is 244 cm³/mol. The minimum Gasteiger partial charge on any atom is -0.456 e. The Bertz CT molecular complexity index is 2880. The first-order valence-electron chi connectivity index (χ1n) is 19.7. The maximum absolute atomic E-state index is 6.34. The van der Waals surface area contributed by atoms with Crippen LogP contribution in [0.2, 0.25) is 0 Å². The van der Waals surface area contributed by atoms with Crippen LogP contribution in [-0.4, -0.2) is 0 Å². The Morgan fingerprint density at radius 3 is 1.24 bits per heavy atom. The van der Waals surface area contributed by atoms with E-state index in [0.29, 0.717) is 0 Å². The third-order valence-electron chi connectivity index (χ3n) is 10.9. The van der Waals surface area contributed by atoms with E-state index in [1.165, 1.54) is 50.1 Å². The van der Waals surface area contributed by atoms with Crippen molar-refractivity contribution in [3.05, 3.63) is 237 Å². The molecule has 9 aromatic carbocycles. The maximum Gasteiger partial charge on any atom is 0.135 e. The van der Waals surface area contributed by atoms with Crippen LogP contribution in [0, 0.1) is 0 Å². The summed E-state index contributed by atoms with van der Waals surface area (Å²) >= 11 is 0. The summed E-state index contributed by atoms with van der Waals surface area (Å²) < 4.78 is 6.34. The van der Waals surface area contributed by atoms with Gasteiger partial charge in [-0.3, -0.25) is 0 Å².